The molecule has 1 N–H and O–H groups in total. The Labute approximate surface area is 97.6 Å². The minimum Gasteiger partial charge on any atom is -0.479 e. The van der Waals surface area contributed by atoms with E-state index in [1.807, 2.05) is 6.92 Å². The fraction of sp³-hybridized carbons (Fsp3) is 0.917. The van der Waals surface area contributed by atoms with E-state index in [0.717, 1.165) is 24.9 Å². The summed E-state index contributed by atoms with van der Waals surface area (Å²) < 4.78 is 5.17. The molecule has 1 fully saturated rings. The molecule has 0 radical (unpaired) electrons. The summed E-state index contributed by atoms with van der Waals surface area (Å²) in [6, 6.07) is 0. The Bertz CT molecular complexity index is 232. The Kier molecular flexibility index (Phi) is 5.22. The third kappa shape index (κ3) is 4.49. The van der Waals surface area contributed by atoms with Gasteiger partial charge in [0.1, 0.15) is 0 Å². The molecule has 94 valence electrons. The summed E-state index contributed by atoms with van der Waals surface area (Å²) in [7, 11) is 2.05. The predicted octanol–water partition coefficient (Wildman–Crippen LogP) is 1.45. The number of rotatable bonds is 8. The highest BCUT2D eigenvalue weighted by Crippen LogP contribution is 2.37. The molecular weight excluding hydrogens is 206 g/mol. The van der Waals surface area contributed by atoms with Crippen molar-refractivity contribution in [3.05, 3.63) is 0 Å². The maximum absolute atomic E-state index is 10.8. The summed E-state index contributed by atoms with van der Waals surface area (Å²) in [5.41, 5.74) is 0. The summed E-state index contributed by atoms with van der Waals surface area (Å²) in [6.45, 7) is 6.42. The van der Waals surface area contributed by atoms with E-state index in [9.17, 15) is 4.79 Å². The fourth-order valence-corrected chi connectivity index (χ4v) is 1.96. The van der Waals surface area contributed by atoms with Crippen LogP contribution in [0.5, 0.6) is 0 Å². The van der Waals surface area contributed by atoms with Crippen LogP contribution in [0.2, 0.25) is 0 Å². The first-order valence-corrected chi connectivity index (χ1v) is 6.07. The Hall–Kier alpha value is -0.610. The van der Waals surface area contributed by atoms with Crippen molar-refractivity contribution >= 4 is 5.97 Å². The maximum Gasteiger partial charge on any atom is 0.332 e. The van der Waals surface area contributed by atoms with Gasteiger partial charge in [-0.15, -0.1) is 0 Å². The Morgan fingerprint density at radius 3 is 2.69 bits per heavy atom. The minimum absolute atomic E-state index is 0.459. The van der Waals surface area contributed by atoms with E-state index in [2.05, 4.69) is 18.9 Å². The van der Waals surface area contributed by atoms with Gasteiger partial charge in [-0.3, -0.25) is 0 Å². The molecular formula is C12H23NO3. The number of nitrogens with zero attached hydrogens (tertiary/aromatic N) is 1. The van der Waals surface area contributed by atoms with E-state index in [1.165, 1.54) is 6.42 Å². The van der Waals surface area contributed by atoms with Crippen molar-refractivity contribution in [2.75, 3.05) is 26.7 Å². The van der Waals surface area contributed by atoms with Crippen LogP contribution in [0.15, 0.2) is 0 Å². The normalized spacial score (nSPS) is 25.8. The van der Waals surface area contributed by atoms with Crippen LogP contribution in [0, 0.1) is 11.8 Å². The lowest BCUT2D eigenvalue weighted by Crippen LogP contribution is -2.31. The molecule has 0 heterocycles. The molecule has 0 aromatic rings. The van der Waals surface area contributed by atoms with Gasteiger partial charge in [0.25, 0.3) is 0 Å². The van der Waals surface area contributed by atoms with Crippen LogP contribution in [0.25, 0.3) is 0 Å². The first-order chi connectivity index (χ1) is 7.54. The van der Waals surface area contributed by atoms with Crippen molar-refractivity contribution in [3.8, 4) is 0 Å². The van der Waals surface area contributed by atoms with Gasteiger partial charge >= 0.3 is 5.97 Å². The zero-order valence-corrected chi connectivity index (χ0v) is 10.5. The smallest absolute Gasteiger partial charge is 0.332 e. The van der Waals surface area contributed by atoms with Gasteiger partial charge in [-0.25, -0.2) is 4.79 Å². The van der Waals surface area contributed by atoms with Crippen molar-refractivity contribution in [2.24, 2.45) is 11.8 Å². The van der Waals surface area contributed by atoms with Gasteiger partial charge in [-0.05, 0) is 38.6 Å². The summed E-state index contributed by atoms with van der Waals surface area (Å²) in [6.07, 6.45) is 1.24. The van der Waals surface area contributed by atoms with Crippen LogP contribution < -0.4 is 0 Å². The average molecular weight is 229 g/mol. The van der Waals surface area contributed by atoms with Crippen LogP contribution in [-0.4, -0.2) is 48.8 Å². The third-order valence-corrected chi connectivity index (χ3v) is 3.24. The zero-order valence-electron chi connectivity index (χ0n) is 10.5. The van der Waals surface area contributed by atoms with Gasteiger partial charge in [0.2, 0.25) is 0 Å². The number of hydrogen-bond donors (Lipinski definition) is 1. The van der Waals surface area contributed by atoms with Crippen LogP contribution in [0.3, 0.4) is 0 Å². The van der Waals surface area contributed by atoms with Crippen LogP contribution >= 0.6 is 0 Å². The van der Waals surface area contributed by atoms with E-state index in [-0.39, 0.29) is 0 Å². The molecule has 0 aromatic heterocycles. The highest BCUT2D eigenvalue weighted by Gasteiger charge is 2.33. The van der Waals surface area contributed by atoms with Gasteiger partial charge in [0, 0.05) is 19.7 Å². The molecule has 0 bridgehead atoms. The average Bonchev–Trinajstić information content (AvgIpc) is 2.88. The van der Waals surface area contributed by atoms with E-state index in [1.54, 1.807) is 0 Å². The number of hydrogen-bond acceptors (Lipinski definition) is 3. The molecule has 4 nitrogen and oxygen atoms in total. The summed E-state index contributed by atoms with van der Waals surface area (Å²) in [5.74, 6) is 0.819. The topological polar surface area (TPSA) is 49.8 Å². The van der Waals surface area contributed by atoms with Crippen LogP contribution in [-0.2, 0) is 9.53 Å². The molecule has 3 unspecified atom stereocenters. The van der Waals surface area contributed by atoms with Gasteiger partial charge in [-0.2, -0.15) is 0 Å². The van der Waals surface area contributed by atoms with Gasteiger partial charge in [0.15, 0.2) is 6.10 Å². The molecule has 3 atom stereocenters. The van der Waals surface area contributed by atoms with Crippen molar-refractivity contribution in [1.82, 2.24) is 4.90 Å². The molecule has 1 rings (SSSR count). The molecule has 4 heteroatoms. The van der Waals surface area contributed by atoms with Gasteiger partial charge in [0.05, 0.1) is 0 Å². The van der Waals surface area contributed by atoms with Crippen molar-refractivity contribution in [2.45, 2.75) is 32.8 Å². The van der Waals surface area contributed by atoms with Crippen molar-refractivity contribution in [3.63, 3.8) is 0 Å². The maximum atomic E-state index is 10.8. The Balaban J connectivity index is 2.17. The number of aliphatic carboxylic acids is 1. The second kappa shape index (κ2) is 6.21. The number of carbonyl (C=O) groups is 1. The predicted molar refractivity (Wildman–Crippen MR) is 62.4 cm³/mol. The van der Waals surface area contributed by atoms with E-state index < -0.39 is 12.1 Å². The third-order valence-electron chi connectivity index (χ3n) is 3.24. The molecule has 16 heavy (non-hydrogen) atoms. The molecule has 0 amide bonds. The Morgan fingerprint density at radius 2 is 2.25 bits per heavy atom. The van der Waals surface area contributed by atoms with E-state index in [4.69, 9.17) is 9.84 Å². The first kappa shape index (κ1) is 13.5. The quantitative estimate of drug-likeness (QED) is 0.684. The molecule has 1 aliphatic rings. The van der Waals surface area contributed by atoms with E-state index in [0.29, 0.717) is 13.0 Å². The number of carboxylic acid groups (broad SMARTS) is 1. The highest BCUT2D eigenvalue weighted by molar-refractivity contribution is 5.72. The lowest BCUT2D eigenvalue weighted by molar-refractivity contribution is -0.150. The molecule has 0 aliphatic heterocycles. The number of ether oxygens (including phenoxy) is 1. The Morgan fingerprint density at radius 1 is 1.62 bits per heavy atom. The van der Waals surface area contributed by atoms with Crippen molar-refractivity contribution in [1.29, 1.82) is 0 Å². The molecule has 0 aromatic carbocycles. The first-order valence-electron chi connectivity index (χ1n) is 6.07. The largest absolute Gasteiger partial charge is 0.479 e. The molecule has 0 spiro atoms. The van der Waals surface area contributed by atoms with Crippen LogP contribution in [0.1, 0.15) is 26.7 Å². The summed E-state index contributed by atoms with van der Waals surface area (Å²) in [4.78, 5) is 13.1. The zero-order chi connectivity index (χ0) is 12.1. The fourth-order valence-electron chi connectivity index (χ4n) is 1.96. The standard InChI is InChI=1S/C12H23NO3/c1-4-16-11(12(14)15)5-6-13(3)8-10-7-9(10)2/h9-11H,4-8H2,1-3H3,(H,14,15). The molecule has 1 aliphatic carbocycles. The summed E-state index contributed by atoms with van der Waals surface area (Å²) >= 11 is 0. The number of carboxylic acids is 1. The van der Waals surface area contributed by atoms with Gasteiger partial charge in [-0.1, -0.05) is 6.92 Å². The van der Waals surface area contributed by atoms with Gasteiger partial charge < -0.3 is 14.7 Å². The molecule has 0 saturated heterocycles. The van der Waals surface area contributed by atoms with Crippen molar-refractivity contribution < 1.29 is 14.6 Å². The SMILES string of the molecule is CCOC(CCN(C)CC1CC1C)C(=O)O. The second-order valence-electron chi connectivity index (χ2n) is 4.81. The lowest BCUT2D eigenvalue weighted by atomic mass is 10.2. The van der Waals surface area contributed by atoms with Crippen LogP contribution in [0.4, 0.5) is 0 Å². The monoisotopic (exact) mass is 229 g/mol. The lowest BCUT2D eigenvalue weighted by Gasteiger charge is -2.19. The van der Waals surface area contributed by atoms with E-state index >= 15 is 0 Å². The summed E-state index contributed by atoms with van der Waals surface area (Å²) in [5, 5.41) is 8.91. The molecule has 1 saturated carbocycles. The second-order valence-corrected chi connectivity index (χ2v) is 4.81. The highest BCUT2D eigenvalue weighted by atomic mass is 16.5. The minimum atomic E-state index is -0.852.